The van der Waals surface area contributed by atoms with Crippen LogP contribution in [0.15, 0.2) is 48.5 Å². The smallest absolute Gasteiger partial charge is 0.337 e. The van der Waals surface area contributed by atoms with Gasteiger partial charge in [0, 0.05) is 26.2 Å². The van der Waals surface area contributed by atoms with Crippen molar-refractivity contribution in [3.8, 4) is 0 Å². The molecule has 0 spiro atoms. The molecule has 1 amide bonds. The topological polar surface area (TPSA) is 49.9 Å². The highest BCUT2D eigenvalue weighted by molar-refractivity contribution is 6.33. The molecule has 2 aromatic rings. The van der Waals surface area contributed by atoms with E-state index in [9.17, 15) is 9.59 Å². The molecule has 0 aromatic heterocycles. The van der Waals surface area contributed by atoms with E-state index in [1.807, 2.05) is 35.2 Å². The maximum atomic E-state index is 12.5. The largest absolute Gasteiger partial charge is 0.465 e. The van der Waals surface area contributed by atoms with Crippen molar-refractivity contribution in [2.45, 2.75) is 6.42 Å². The predicted molar refractivity (Wildman–Crippen MR) is 102 cm³/mol. The van der Waals surface area contributed by atoms with Gasteiger partial charge in [-0.15, -0.1) is 0 Å². The van der Waals surface area contributed by atoms with Crippen molar-refractivity contribution in [2.24, 2.45) is 0 Å². The number of halogens is 1. The van der Waals surface area contributed by atoms with Crippen molar-refractivity contribution in [2.75, 3.05) is 38.2 Å². The SMILES string of the molecule is COC(=O)c1ccc(Cl)c(N2CCN(C(=O)Cc3ccccc3)CC2)c1. The monoisotopic (exact) mass is 372 g/mol. The number of esters is 1. The lowest BCUT2D eigenvalue weighted by atomic mass is 10.1. The van der Waals surface area contributed by atoms with Gasteiger partial charge in [-0.05, 0) is 23.8 Å². The quantitative estimate of drug-likeness (QED) is 0.774. The molecule has 26 heavy (non-hydrogen) atoms. The standard InChI is InChI=1S/C20H21ClN2O3/c1-26-20(25)16-7-8-17(21)18(14-16)22-9-11-23(12-10-22)19(24)13-15-5-3-2-4-6-15/h2-8,14H,9-13H2,1H3. The van der Waals surface area contributed by atoms with Gasteiger partial charge in [-0.25, -0.2) is 4.79 Å². The number of piperazine rings is 1. The van der Waals surface area contributed by atoms with E-state index >= 15 is 0 Å². The zero-order chi connectivity index (χ0) is 18.5. The summed E-state index contributed by atoms with van der Waals surface area (Å²) < 4.78 is 4.77. The van der Waals surface area contributed by atoms with Gasteiger partial charge in [-0.3, -0.25) is 4.79 Å². The number of rotatable bonds is 4. The second-order valence-corrected chi connectivity index (χ2v) is 6.60. The van der Waals surface area contributed by atoms with Crippen LogP contribution in [0.25, 0.3) is 0 Å². The van der Waals surface area contributed by atoms with Crippen LogP contribution in [0.1, 0.15) is 15.9 Å². The van der Waals surface area contributed by atoms with Crippen LogP contribution < -0.4 is 4.90 Å². The molecule has 0 atom stereocenters. The van der Waals surface area contributed by atoms with Crippen molar-refractivity contribution in [3.05, 3.63) is 64.7 Å². The number of carbonyl (C=O) groups is 2. The zero-order valence-corrected chi connectivity index (χ0v) is 15.4. The molecule has 1 fully saturated rings. The average Bonchev–Trinajstić information content (AvgIpc) is 2.68. The molecular weight excluding hydrogens is 352 g/mol. The van der Waals surface area contributed by atoms with E-state index in [0.29, 0.717) is 43.2 Å². The van der Waals surface area contributed by atoms with Gasteiger partial charge >= 0.3 is 5.97 Å². The predicted octanol–water partition coefficient (Wildman–Crippen LogP) is 3.02. The van der Waals surface area contributed by atoms with Crippen LogP contribution in [-0.2, 0) is 16.0 Å². The number of carbonyl (C=O) groups excluding carboxylic acids is 2. The lowest BCUT2D eigenvalue weighted by Gasteiger charge is -2.36. The Bertz CT molecular complexity index is 787. The van der Waals surface area contributed by atoms with Crippen LogP contribution >= 0.6 is 11.6 Å². The highest BCUT2D eigenvalue weighted by Crippen LogP contribution is 2.28. The number of ether oxygens (including phenoxy) is 1. The molecule has 1 aliphatic rings. The number of anilines is 1. The van der Waals surface area contributed by atoms with Gasteiger partial charge in [0.05, 0.1) is 29.8 Å². The molecule has 0 N–H and O–H groups in total. The van der Waals surface area contributed by atoms with Gasteiger partial charge in [0.15, 0.2) is 0 Å². The van der Waals surface area contributed by atoms with E-state index in [1.54, 1.807) is 18.2 Å². The van der Waals surface area contributed by atoms with Crippen molar-refractivity contribution in [1.29, 1.82) is 0 Å². The van der Waals surface area contributed by atoms with Crippen molar-refractivity contribution in [3.63, 3.8) is 0 Å². The first-order valence-corrected chi connectivity index (χ1v) is 8.91. The molecule has 1 aliphatic heterocycles. The Morgan fingerprint density at radius 1 is 1.04 bits per heavy atom. The fourth-order valence-corrected chi connectivity index (χ4v) is 3.32. The molecule has 0 unspecified atom stereocenters. The minimum Gasteiger partial charge on any atom is -0.465 e. The van der Waals surface area contributed by atoms with Crippen LogP contribution in [0.2, 0.25) is 5.02 Å². The summed E-state index contributed by atoms with van der Waals surface area (Å²) in [6, 6.07) is 14.9. The third kappa shape index (κ3) is 4.17. The average molecular weight is 373 g/mol. The van der Waals surface area contributed by atoms with Crippen LogP contribution in [0.3, 0.4) is 0 Å². The van der Waals surface area contributed by atoms with Gasteiger partial charge < -0.3 is 14.5 Å². The molecular formula is C20H21ClN2O3. The molecule has 1 heterocycles. The zero-order valence-electron chi connectivity index (χ0n) is 14.7. The molecule has 3 rings (SSSR count). The van der Waals surface area contributed by atoms with Crippen LogP contribution in [0, 0.1) is 0 Å². The summed E-state index contributed by atoms with van der Waals surface area (Å²) >= 11 is 6.31. The van der Waals surface area contributed by atoms with Crippen molar-refractivity contribution in [1.82, 2.24) is 4.90 Å². The fourth-order valence-electron chi connectivity index (χ4n) is 3.08. The van der Waals surface area contributed by atoms with E-state index in [1.165, 1.54) is 7.11 Å². The molecule has 0 radical (unpaired) electrons. The Hall–Kier alpha value is -2.53. The maximum Gasteiger partial charge on any atom is 0.337 e. The Balaban J connectivity index is 1.63. The second kappa shape index (κ2) is 8.23. The van der Waals surface area contributed by atoms with E-state index in [2.05, 4.69) is 4.90 Å². The molecule has 0 saturated carbocycles. The highest BCUT2D eigenvalue weighted by atomic mass is 35.5. The van der Waals surface area contributed by atoms with Gasteiger partial charge in [0.25, 0.3) is 0 Å². The molecule has 5 nitrogen and oxygen atoms in total. The van der Waals surface area contributed by atoms with Gasteiger partial charge in [0.2, 0.25) is 5.91 Å². The summed E-state index contributed by atoms with van der Waals surface area (Å²) in [6.07, 6.45) is 0.416. The Morgan fingerprint density at radius 2 is 1.73 bits per heavy atom. The van der Waals surface area contributed by atoms with Crippen molar-refractivity contribution < 1.29 is 14.3 Å². The van der Waals surface area contributed by atoms with Gasteiger partial charge in [-0.1, -0.05) is 41.9 Å². The molecule has 0 aliphatic carbocycles. The van der Waals surface area contributed by atoms with E-state index in [4.69, 9.17) is 16.3 Å². The van der Waals surface area contributed by atoms with E-state index in [-0.39, 0.29) is 11.9 Å². The summed E-state index contributed by atoms with van der Waals surface area (Å²) in [5, 5.41) is 0.585. The fraction of sp³-hybridized carbons (Fsp3) is 0.300. The third-order valence-electron chi connectivity index (χ3n) is 4.54. The summed E-state index contributed by atoms with van der Waals surface area (Å²) in [5.41, 5.74) is 2.29. The van der Waals surface area contributed by atoms with Crippen molar-refractivity contribution >= 4 is 29.2 Å². The number of amides is 1. The van der Waals surface area contributed by atoms with Crippen LogP contribution in [0.5, 0.6) is 0 Å². The lowest BCUT2D eigenvalue weighted by molar-refractivity contribution is -0.130. The van der Waals surface area contributed by atoms with Gasteiger partial charge in [-0.2, -0.15) is 0 Å². The summed E-state index contributed by atoms with van der Waals surface area (Å²) in [7, 11) is 1.35. The molecule has 136 valence electrons. The van der Waals surface area contributed by atoms with Crippen LogP contribution in [-0.4, -0.2) is 50.1 Å². The summed E-state index contributed by atoms with van der Waals surface area (Å²) in [5.74, 6) is -0.259. The normalized spacial score (nSPS) is 14.2. The Morgan fingerprint density at radius 3 is 2.38 bits per heavy atom. The molecule has 0 bridgehead atoms. The first-order valence-electron chi connectivity index (χ1n) is 8.53. The van der Waals surface area contributed by atoms with E-state index in [0.717, 1.165) is 11.3 Å². The van der Waals surface area contributed by atoms with Gasteiger partial charge in [0.1, 0.15) is 0 Å². The number of benzene rings is 2. The minimum absolute atomic E-state index is 0.130. The number of hydrogen-bond acceptors (Lipinski definition) is 4. The maximum absolute atomic E-state index is 12.5. The number of nitrogens with zero attached hydrogens (tertiary/aromatic N) is 2. The first kappa shape index (κ1) is 18.3. The Labute approximate surface area is 158 Å². The minimum atomic E-state index is -0.389. The third-order valence-corrected chi connectivity index (χ3v) is 4.86. The highest BCUT2D eigenvalue weighted by Gasteiger charge is 2.23. The molecule has 1 saturated heterocycles. The Kier molecular flexibility index (Phi) is 5.78. The molecule has 6 heteroatoms. The summed E-state index contributed by atoms with van der Waals surface area (Å²) in [6.45, 7) is 2.60. The first-order chi connectivity index (χ1) is 12.6. The summed E-state index contributed by atoms with van der Waals surface area (Å²) in [4.78, 5) is 28.2. The number of methoxy groups -OCH3 is 1. The van der Waals surface area contributed by atoms with Crippen LogP contribution in [0.4, 0.5) is 5.69 Å². The molecule has 2 aromatic carbocycles. The second-order valence-electron chi connectivity index (χ2n) is 6.19. The van der Waals surface area contributed by atoms with E-state index < -0.39 is 0 Å². The lowest BCUT2D eigenvalue weighted by Crippen LogP contribution is -2.49. The number of hydrogen-bond donors (Lipinski definition) is 0.